The molecule has 0 aromatic heterocycles. The molecule has 0 rings (SSSR count). The maximum Gasteiger partial charge on any atom is 0.210 e. The van der Waals surface area contributed by atoms with Gasteiger partial charge in [-0.3, -0.25) is 10.3 Å². The van der Waals surface area contributed by atoms with Crippen LogP contribution in [0.2, 0.25) is 0 Å². The quantitative estimate of drug-likeness (QED) is 0.408. The van der Waals surface area contributed by atoms with Gasteiger partial charge in [-0.05, 0) is 12.8 Å². The number of nitrogens with zero attached hydrogens (tertiary/aromatic N) is 1. The van der Waals surface area contributed by atoms with Gasteiger partial charge in [-0.15, -0.1) is 0 Å². The predicted molar refractivity (Wildman–Crippen MR) is 56.9 cm³/mol. The molecular weight excluding hydrogens is 207 g/mol. The van der Waals surface area contributed by atoms with Crippen LogP contribution in [0.15, 0.2) is 15.4 Å². The van der Waals surface area contributed by atoms with Gasteiger partial charge in [0.05, 0.1) is 4.91 Å². The SMILES string of the molecule is C=NS(C)(=O)(O)/C(C)=C/C#C[C@H](N)F. The summed E-state index contributed by atoms with van der Waals surface area (Å²) in [7, 11) is -4.21. The van der Waals surface area contributed by atoms with Crippen molar-refractivity contribution in [2.75, 3.05) is 6.26 Å². The van der Waals surface area contributed by atoms with Gasteiger partial charge in [0.1, 0.15) is 0 Å². The molecule has 0 saturated heterocycles. The van der Waals surface area contributed by atoms with E-state index in [9.17, 15) is 13.2 Å². The molecule has 0 unspecified atom stereocenters. The molecule has 0 aromatic rings. The van der Waals surface area contributed by atoms with Gasteiger partial charge in [0, 0.05) is 19.0 Å². The summed E-state index contributed by atoms with van der Waals surface area (Å²) in [6, 6.07) is 0. The van der Waals surface area contributed by atoms with Gasteiger partial charge in [0.25, 0.3) is 0 Å². The second-order valence-corrected chi connectivity index (χ2v) is 6.17. The smallest absolute Gasteiger partial charge is 0.210 e. The number of hydrogen-bond donors (Lipinski definition) is 2. The number of allylic oxidation sites excluding steroid dienone is 2. The van der Waals surface area contributed by atoms with Gasteiger partial charge in [-0.1, -0.05) is 15.5 Å². The van der Waals surface area contributed by atoms with Crippen LogP contribution in [0.5, 0.6) is 0 Å². The van der Waals surface area contributed by atoms with Crippen molar-refractivity contribution in [3.63, 3.8) is 0 Å². The average molecular weight is 220 g/mol. The highest BCUT2D eigenvalue weighted by molar-refractivity contribution is 8.16. The number of halogens is 1. The molecule has 0 spiro atoms. The first kappa shape index (κ1) is 13.0. The van der Waals surface area contributed by atoms with Crippen molar-refractivity contribution in [2.24, 2.45) is 10.1 Å². The maximum absolute atomic E-state index is 12.0. The minimum absolute atomic E-state index is 0.0187. The lowest BCUT2D eigenvalue weighted by Gasteiger charge is -2.33. The lowest BCUT2D eigenvalue weighted by molar-refractivity contribution is 0.426. The van der Waals surface area contributed by atoms with Gasteiger partial charge in [0.15, 0.2) is 0 Å². The van der Waals surface area contributed by atoms with Gasteiger partial charge in [0.2, 0.25) is 6.30 Å². The third-order valence-corrected chi connectivity index (χ3v) is 3.75. The summed E-state index contributed by atoms with van der Waals surface area (Å²) in [5.41, 5.74) is 4.72. The summed E-state index contributed by atoms with van der Waals surface area (Å²) in [4.78, 5) is 0.0187. The van der Waals surface area contributed by atoms with Crippen LogP contribution >= 0.6 is 0 Å². The van der Waals surface area contributed by atoms with E-state index < -0.39 is 15.8 Å². The minimum atomic E-state index is -4.21. The molecule has 0 amide bonds. The van der Waals surface area contributed by atoms with Gasteiger partial charge >= 0.3 is 0 Å². The summed E-state index contributed by atoms with van der Waals surface area (Å²) in [6.07, 6.45) is 0.372. The summed E-state index contributed by atoms with van der Waals surface area (Å²) in [6.45, 7) is 4.38. The number of nitrogens with two attached hydrogens (primary N) is 1. The van der Waals surface area contributed by atoms with E-state index >= 15 is 0 Å². The van der Waals surface area contributed by atoms with Gasteiger partial charge < -0.3 is 0 Å². The first-order valence-corrected chi connectivity index (χ1v) is 5.92. The number of hydrogen-bond acceptors (Lipinski definition) is 2. The van der Waals surface area contributed by atoms with E-state index in [2.05, 4.69) is 17.0 Å². The van der Waals surface area contributed by atoms with Crippen molar-refractivity contribution in [1.29, 1.82) is 0 Å². The molecular formula is C8H13FN2O2S. The summed E-state index contributed by atoms with van der Waals surface area (Å²) < 4.78 is 36.3. The third kappa shape index (κ3) is 3.79. The lowest BCUT2D eigenvalue weighted by atomic mass is 10.5. The molecule has 0 aliphatic heterocycles. The van der Waals surface area contributed by atoms with Crippen molar-refractivity contribution in [2.45, 2.75) is 13.2 Å². The van der Waals surface area contributed by atoms with Crippen molar-refractivity contribution < 1.29 is 13.2 Å². The Morgan fingerprint density at radius 1 is 1.86 bits per heavy atom. The molecule has 0 radical (unpaired) electrons. The first-order valence-electron chi connectivity index (χ1n) is 3.63. The fourth-order valence-electron chi connectivity index (χ4n) is 0.460. The van der Waals surface area contributed by atoms with E-state index in [0.717, 1.165) is 12.3 Å². The molecule has 1 atom stereocenters. The van der Waals surface area contributed by atoms with Crippen LogP contribution in [0.25, 0.3) is 0 Å². The molecule has 0 fully saturated rings. The Kier molecular flexibility index (Phi) is 3.71. The third-order valence-electron chi connectivity index (χ3n) is 1.54. The van der Waals surface area contributed by atoms with Crippen molar-refractivity contribution in [3.05, 3.63) is 11.0 Å². The standard InChI is InChI=1S/C8H13FN2O2S/c1-7(5-4-6-8(9)10)14(3,12,13)11-2/h5,8H,2,10H2,1,3H3,(H,12,13)/b7-5+/t8-/m0/s1. The zero-order valence-electron chi connectivity index (χ0n) is 8.03. The van der Waals surface area contributed by atoms with Crippen LogP contribution in [0.1, 0.15) is 6.92 Å². The average Bonchev–Trinajstić information content (AvgIpc) is 2.03. The Morgan fingerprint density at radius 3 is 2.71 bits per heavy atom. The minimum Gasteiger partial charge on any atom is -0.291 e. The predicted octanol–water partition coefficient (Wildman–Crippen LogP) is 0.686. The Hall–Kier alpha value is -1.03. The van der Waals surface area contributed by atoms with E-state index in [-0.39, 0.29) is 4.91 Å². The lowest BCUT2D eigenvalue weighted by Crippen LogP contribution is -2.27. The summed E-state index contributed by atoms with van der Waals surface area (Å²) >= 11 is 0. The van der Waals surface area contributed by atoms with E-state index in [1.165, 1.54) is 6.92 Å². The molecule has 3 N–H and O–H groups in total. The number of alkyl halides is 1. The highest BCUT2D eigenvalue weighted by atomic mass is 32.3. The summed E-state index contributed by atoms with van der Waals surface area (Å²) in [5, 5.41) is 0. The van der Waals surface area contributed by atoms with Gasteiger partial charge in [-0.25, -0.2) is 4.39 Å². The van der Waals surface area contributed by atoms with Crippen molar-refractivity contribution >= 4 is 16.3 Å². The Labute approximate surface area is 82.5 Å². The monoisotopic (exact) mass is 220 g/mol. The van der Waals surface area contributed by atoms with Crippen LogP contribution in [-0.2, 0) is 9.53 Å². The van der Waals surface area contributed by atoms with E-state index in [0.29, 0.717) is 0 Å². The largest absolute Gasteiger partial charge is 0.291 e. The first-order chi connectivity index (χ1) is 6.17. The van der Waals surface area contributed by atoms with Crippen LogP contribution in [0, 0.1) is 11.8 Å². The molecule has 80 valence electrons. The molecule has 0 aliphatic carbocycles. The zero-order valence-corrected chi connectivity index (χ0v) is 8.84. The van der Waals surface area contributed by atoms with Crippen LogP contribution in [-0.4, -0.2) is 28.0 Å². The molecule has 4 nitrogen and oxygen atoms in total. The molecule has 0 aliphatic rings. The highest BCUT2D eigenvalue weighted by Crippen LogP contribution is 2.27. The van der Waals surface area contributed by atoms with E-state index in [1.807, 2.05) is 5.92 Å². The second-order valence-electron chi connectivity index (χ2n) is 2.81. The van der Waals surface area contributed by atoms with Gasteiger partial charge in [-0.2, -0.15) is 8.61 Å². The van der Waals surface area contributed by atoms with Crippen molar-refractivity contribution in [1.82, 2.24) is 0 Å². The Bertz CT molecular complexity index is 384. The topological polar surface area (TPSA) is 75.7 Å². The molecule has 0 saturated carbocycles. The maximum atomic E-state index is 12.0. The van der Waals surface area contributed by atoms with Crippen molar-refractivity contribution in [3.8, 4) is 11.8 Å². The molecule has 0 heterocycles. The van der Waals surface area contributed by atoms with E-state index in [4.69, 9.17) is 5.73 Å². The Balaban J connectivity index is 5.02. The molecule has 14 heavy (non-hydrogen) atoms. The van der Waals surface area contributed by atoms with E-state index in [1.54, 1.807) is 0 Å². The summed E-state index contributed by atoms with van der Waals surface area (Å²) in [5.74, 6) is 4.20. The molecule has 0 bridgehead atoms. The van der Waals surface area contributed by atoms with Crippen LogP contribution in [0.4, 0.5) is 4.39 Å². The fourth-order valence-corrected chi connectivity index (χ4v) is 0.994. The fraction of sp³-hybridized carbons (Fsp3) is 0.375. The normalized spacial score (nSPS) is 17.2. The second kappa shape index (κ2) is 4.00. The highest BCUT2D eigenvalue weighted by Gasteiger charge is 2.19. The van der Waals surface area contributed by atoms with Crippen LogP contribution in [0.3, 0.4) is 0 Å². The van der Waals surface area contributed by atoms with Crippen LogP contribution < -0.4 is 5.73 Å². The Morgan fingerprint density at radius 2 is 2.36 bits per heavy atom. The molecule has 0 aromatic carbocycles. The number of rotatable bonds is 2. The zero-order chi connectivity index (χ0) is 11.4. The molecule has 6 heteroatoms.